The van der Waals surface area contributed by atoms with Gasteiger partial charge in [0.1, 0.15) is 18.0 Å². The molecule has 2 amide bonds. The molecule has 0 saturated carbocycles. The average Bonchev–Trinajstić information content (AvgIpc) is 3.50. The third-order valence-corrected chi connectivity index (χ3v) is 5.74. The fraction of sp³-hybridized carbons (Fsp3) is 0.370. The fourth-order valence-corrected chi connectivity index (χ4v) is 4.18. The van der Waals surface area contributed by atoms with Gasteiger partial charge in [0.05, 0.1) is 11.7 Å². The number of carbonyl (C=O) groups is 2. The first kappa shape index (κ1) is 24.3. The standard InChI is InChI=1S/C27H32N4O4/c1-27(2,3)35-26(33)31-16-9-14-23(31)24-28-15-17-30(24)22-13-8-7-12-21(22)18-29-25(32)34-19-20-10-5-4-6-11-20/h4-8,10-13,15,17,23H,9,14,16,18-19H2,1-3H3,(H,29,32)/t23-/m0/s1. The molecule has 1 aliphatic rings. The van der Waals surface area contributed by atoms with Gasteiger partial charge in [-0.05, 0) is 50.8 Å². The second-order valence-corrected chi connectivity index (χ2v) is 9.53. The van der Waals surface area contributed by atoms with Crippen molar-refractivity contribution in [1.82, 2.24) is 19.8 Å². The maximum Gasteiger partial charge on any atom is 0.410 e. The van der Waals surface area contributed by atoms with Crippen molar-refractivity contribution >= 4 is 12.2 Å². The second-order valence-electron chi connectivity index (χ2n) is 9.53. The molecule has 0 unspecified atom stereocenters. The molecule has 1 N–H and O–H groups in total. The van der Waals surface area contributed by atoms with Crippen molar-refractivity contribution in [1.29, 1.82) is 0 Å². The van der Waals surface area contributed by atoms with Gasteiger partial charge in [0.2, 0.25) is 0 Å². The first-order chi connectivity index (χ1) is 16.8. The number of para-hydroxylation sites is 1. The monoisotopic (exact) mass is 476 g/mol. The highest BCUT2D eigenvalue weighted by molar-refractivity contribution is 5.69. The molecule has 8 nitrogen and oxygen atoms in total. The number of nitrogens with one attached hydrogen (secondary N) is 1. The lowest BCUT2D eigenvalue weighted by molar-refractivity contribution is 0.0217. The van der Waals surface area contributed by atoms with Crippen LogP contribution in [-0.4, -0.2) is 38.8 Å². The van der Waals surface area contributed by atoms with E-state index in [9.17, 15) is 9.59 Å². The van der Waals surface area contributed by atoms with Gasteiger partial charge in [-0.1, -0.05) is 48.5 Å². The Hall–Kier alpha value is -3.81. The zero-order valence-corrected chi connectivity index (χ0v) is 20.4. The highest BCUT2D eigenvalue weighted by Crippen LogP contribution is 2.34. The van der Waals surface area contributed by atoms with Crippen molar-refractivity contribution < 1.29 is 19.1 Å². The summed E-state index contributed by atoms with van der Waals surface area (Å²) in [6.07, 6.45) is 4.50. The molecule has 184 valence electrons. The quantitative estimate of drug-likeness (QED) is 0.517. The van der Waals surface area contributed by atoms with Crippen molar-refractivity contribution in [3.05, 3.63) is 83.9 Å². The zero-order valence-electron chi connectivity index (χ0n) is 20.4. The number of hydrogen-bond acceptors (Lipinski definition) is 5. The fourth-order valence-electron chi connectivity index (χ4n) is 4.18. The minimum atomic E-state index is -0.562. The molecule has 1 aromatic heterocycles. The van der Waals surface area contributed by atoms with E-state index in [1.165, 1.54) is 0 Å². The lowest BCUT2D eigenvalue weighted by Crippen LogP contribution is -2.37. The first-order valence-corrected chi connectivity index (χ1v) is 11.9. The number of hydrogen-bond donors (Lipinski definition) is 1. The predicted molar refractivity (Wildman–Crippen MR) is 132 cm³/mol. The van der Waals surface area contributed by atoms with E-state index in [0.29, 0.717) is 13.1 Å². The minimum absolute atomic E-state index is 0.184. The Morgan fingerprint density at radius 2 is 1.83 bits per heavy atom. The van der Waals surface area contributed by atoms with Crippen LogP contribution >= 0.6 is 0 Å². The van der Waals surface area contributed by atoms with Gasteiger partial charge in [-0.15, -0.1) is 0 Å². The Bertz CT molecular complexity index is 1150. The molecule has 1 fully saturated rings. The van der Waals surface area contributed by atoms with E-state index in [-0.39, 0.29) is 18.7 Å². The minimum Gasteiger partial charge on any atom is -0.445 e. The molecule has 0 spiro atoms. The van der Waals surface area contributed by atoms with Crippen LogP contribution in [-0.2, 0) is 22.6 Å². The number of imidazole rings is 1. The number of likely N-dealkylation sites (tertiary alicyclic amines) is 1. The highest BCUT2D eigenvalue weighted by Gasteiger charge is 2.35. The van der Waals surface area contributed by atoms with Gasteiger partial charge >= 0.3 is 12.2 Å². The summed E-state index contributed by atoms with van der Waals surface area (Å²) < 4.78 is 13.0. The van der Waals surface area contributed by atoms with E-state index >= 15 is 0 Å². The number of amides is 2. The van der Waals surface area contributed by atoms with Crippen LogP contribution in [0.3, 0.4) is 0 Å². The third kappa shape index (κ3) is 6.20. The molecule has 4 rings (SSSR count). The van der Waals surface area contributed by atoms with Crippen LogP contribution in [0.5, 0.6) is 0 Å². The van der Waals surface area contributed by atoms with E-state index in [0.717, 1.165) is 35.5 Å². The van der Waals surface area contributed by atoms with E-state index in [1.54, 1.807) is 11.1 Å². The number of benzene rings is 2. The molecule has 0 bridgehead atoms. The van der Waals surface area contributed by atoms with Crippen LogP contribution in [0.4, 0.5) is 9.59 Å². The van der Waals surface area contributed by atoms with Gasteiger partial charge in [0, 0.05) is 25.5 Å². The number of carbonyl (C=O) groups excluding carboxylic acids is 2. The Morgan fingerprint density at radius 1 is 1.09 bits per heavy atom. The van der Waals surface area contributed by atoms with Crippen molar-refractivity contribution in [2.45, 2.75) is 58.4 Å². The van der Waals surface area contributed by atoms with E-state index in [4.69, 9.17) is 9.47 Å². The van der Waals surface area contributed by atoms with E-state index in [2.05, 4.69) is 10.3 Å². The summed E-state index contributed by atoms with van der Waals surface area (Å²) >= 11 is 0. The maximum absolute atomic E-state index is 12.8. The molecule has 0 radical (unpaired) electrons. The summed E-state index contributed by atoms with van der Waals surface area (Å²) in [7, 11) is 0. The molecule has 35 heavy (non-hydrogen) atoms. The molecule has 3 aromatic rings. The van der Waals surface area contributed by atoms with Gasteiger partial charge in [-0.2, -0.15) is 0 Å². The third-order valence-electron chi connectivity index (χ3n) is 5.74. The summed E-state index contributed by atoms with van der Waals surface area (Å²) in [6, 6.07) is 17.2. The molecule has 8 heteroatoms. The molecule has 0 aliphatic carbocycles. The van der Waals surface area contributed by atoms with Crippen molar-refractivity contribution in [3.8, 4) is 5.69 Å². The first-order valence-electron chi connectivity index (χ1n) is 11.9. The Morgan fingerprint density at radius 3 is 2.60 bits per heavy atom. The molecule has 1 saturated heterocycles. The number of rotatable bonds is 6. The van der Waals surface area contributed by atoms with Crippen molar-refractivity contribution in [2.75, 3.05) is 6.54 Å². The van der Waals surface area contributed by atoms with Gasteiger partial charge in [0.25, 0.3) is 0 Å². The average molecular weight is 477 g/mol. The Kier molecular flexibility index (Phi) is 7.39. The van der Waals surface area contributed by atoms with Crippen LogP contribution in [0.15, 0.2) is 67.0 Å². The second kappa shape index (κ2) is 10.6. The lowest BCUT2D eigenvalue weighted by Gasteiger charge is -2.28. The van der Waals surface area contributed by atoms with Crippen molar-refractivity contribution in [2.24, 2.45) is 0 Å². The number of nitrogens with zero attached hydrogens (tertiary/aromatic N) is 3. The lowest BCUT2D eigenvalue weighted by atomic mass is 10.1. The molecule has 1 aliphatic heterocycles. The number of aromatic nitrogens is 2. The highest BCUT2D eigenvalue weighted by atomic mass is 16.6. The number of alkyl carbamates (subject to hydrolysis) is 1. The topological polar surface area (TPSA) is 85.7 Å². The molecular formula is C27H32N4O4. The van der Waals surface area contributed by atoms with Crippen LogP contribution in [0.25, 0.3) is 5.69 Å². The van der Waals surface area contributed by atoms with E-state index < -0.39 is 11.7 Å². The summed E-state index contributed by atoms with van der Waals surface area (Å²) in [5.41, 5.74) is 2.16. The SMILES string of the molecule is CC(C)(C)OC(=O)N1CCC[C@H]1c1nccn1-c1ccccc1CNC(=O)OCc1ccccc1. The largest absolute Gasteiger partial charge is 0.445 e. The van der Waals surface area contributed by atoms with Gasteiger partial charge in [0.15, 0.2) is 0 Å². The zero-order chi connectivity index (χ0) is 24.8. The van der Waals surface area contributed by atoms with Crippen LogP contribution in [0.1, 0.15) is 56.6 Å². The van der Waals surface area contributed by atoms with Crippen LogP contribution in [0.2, 0.25) is 0 Å². The molecule has 2 heterocycles. The van der Waals surface area contributed by atoms with Gasteiger partial charge in [-0.3, -0.25) is 4.90 Å². The maximum atomic E-state index is 12.8. The molecule has 2 aromatic carbocycles. The van der Waals surface area contributed by atoms with Gasteiger partial charge in [-0.25, -0.2) is 14.6 Å². The smallest absolute Gasteiger partial charge is 0.410 e. The Balaban J connectivity index is 1.47. The van der Waals surface area contributed by atoms with Crippen LogP contribution < -0.4 is 5.32 Å². The summed E-state index contributed by atoms with van der Waals surface area (Å²) in [4.78, 5) is 31.5. The summed E-state index contributed by atoms with van der Waals surface area (Å²) in [6.45, 7) is 6.73. The van der Waals surface area contributed by atoms with Crippen LogP contribution in [0, 0.1) is 0 Å². The van der Waals surface area contributed by atoms with Crippen molar-refractivity contribution in [3.63, 3.8) is 0 Å². The van der Waals surface area contributed by atoms with Gasteiger partial charge < -0.3 is 19.4 Å². The predicted octanol–water partition coefficient (Wildman–Crippen LogP) is 5.37. The normalized spacial score (nSPS) is 15.6. The summed E-state index contributed by atoms with van der Waals surface area (Å²) in [5, 5.41) is 2.83. The molecule has 1 atom stereocenters. The number of ether oxygens (including phenoxy) is 2. The Labute approximate surface area is 205 Å². The van der Waals surface area contributed by atoms with E-state index in [1.807, 2.05) is 86.1 Å². The summed E-state index contributed by atoms with van der Waals surface area (Å²) in [5.74, 6) is 0.771. The molecular weight excluding hydrogens is 444 g/mol.